The molecule has 0 bridgehead atoms. The Hall–Kier alpha value is -2.20. The van der Waals surface area contributed by atoms with Crippen LogP contribution in [0.5, 0.6) is 0 Å². The van der Waals surface area contributed by atoms with Crippen molar-refractivity contribution < 1.29 is 29.4 Å². The molecule has 0 saturated carbocycles. The lowest BCUT2D eigenvalue weighted by Gasteiger charge is -2.27. The van der Waals surface area contributed by atoms with Gasteiger partial charge in [-0.3, -0.25) is 19.2 Å². The van der Waals surface area contributed by atoms with Gasteiger partial charge in [0.05, 0.1) is 6.61 Å². The van der Waals surface area contributed by atoms with Crippen LogP contribution in [0.3, 0.4) is 0 Å². The van der Waals surface area contributed by atoms with Crippen molar-refractivity contribution in [1.82, 2.24) is 15.5 Å². The zero-order chi connectivity index (χ0) is 17.6. The van der Waals surface area contributed by atoms with Gasteiger partial charge in [0.15, 0.2) is 0 Å². The maximum absolute atomic E-state index is 12.2. The van der Waals surface area contributed by atoms with Crippen LogP contribution in [0.1, 0.15) is 19.8 Å². The van der Waals surface area contributed by atoms with Crippen molar-refractivity contribution in [2.75, 3.05) is 19.7 Å². The largest absolute Gasteiger partial charge is 0.480 e. The second kappa shape index (κ2) is 8.44. The molecule has 3 atom stereocenters. The second-order valence-electron chi connectivity index (χ2n) is 5.32. The number of likely N-dealkylation sites (tertiary alicyclic amines) is 1. The number of carbonyl (C=O) groups excluding carboxylic acids is 3. The van der Waals surface area contributed by atoms with Crippen molar-refractivity contribution in [2.24, 2.45) is 5.73 Å². The Bertz CT molecular complexity index is 483. The lowest BCUT2D eigenvalue weighted by atomic mass is 10.1. The first-order valence-electron chi connectivity index (χ1n) is 7.24. The van der Waals surface area contributed by atoms with E-state index in [1.165, 1.54) is 11.8 Å². The summed E-state index contributed by atoms with van der Waals surface area (Å²) in [5, 5.41) is 22.0. The molecule has 0 radical (unpaired) electrons. The quantitative estimate of drug-likeness (QED) is 0.332. The van der Waals surface area contributed by atoms with Crippen LogP contribution in [-0.4, -0.2) is 76.6 Å². The molecule has 1 fully saturated rings. The number of carbonyl (C=O) groups is 4. The van der Waals surface area contributed by atoms with Crippen molar-refractivity contribution in [3.05, 3.63) is 0 Å². The molecule has 0 aromatic rings. The molecular weight excluding hydrogens is 308 g/mol. The fourth-order valence-corrected chi connectivity index (χ4v) is 2.29. The lowest BCUT2D eigenvalue weighted by molar-refractivity contribution is -0.141. The van der Waals surface area contributed by atoms with E-state index >= 15 is 0 Å². The molecule has 0 aromatic carbocycles. The Balaban J connectivity index is 2.60. The highest BCUT2D eigenvalue weighted by molar-refractivity contribution is 5.93. The Morgan fingerprint density at radius 3 is 2.57 bits per heavy atom. The number of hydrogen-bond donors (Lipinski definition) is 5. The van der Waals surface area contributed by atoms with Crippen molar-refractivity contribution >= 4 is 23.7 Å². The van der Waals surface area contributed by atoms with Gasteiger partial charge in [0.1, 0.15) is 24.7 Å². The average molecular weight is 330 g/mol. The molecule has 3 unspecified atom stereocenters. The van der Waals surface area contributed by atoms with Crippen LogP contribution in [0, 0.1) is 0 Å². The third-order valence-electron chi connectivity index (χ3n) is 3.52. The van der Waals surface area contributed by atoms with Crippen molar-refractivity contribution in [2.45, 2.75) is 37.9 Å². The molecule has 1 saturated heterocycles. The van der Waals surface area contributed by atoms with Crippen LogP contribution >= 0.6 is 0 Å². The van der Waals surface area contributed by atoms with Crippen LogP contribution < -0.4 is 16.4 Å². The number of amides is 3. The van der Waals surface area contributed by atoms with E-state index in [1.54, 1.807) is 0 Å². The SMILES string of the molecule is CC(NC(=O)C1CCCN1C(=O)C(N)CO)C(=O)NCC(=O)O. The number of carboxylic acid groups (broad SMARTS) is 1. The molecule has 6 N–H and O–H groups in total. The number of rotatable bonds is 7. The Labute approximate surface area is 133 Å². The minimum Gasteiger partial charge on any atom is -0.480 e. The molecule has 10 heteroatoms. The maximum atomic E-state index is 12.2. The summed E-state index contributed by atoms with van der Waals surface area (Å²) in [6, 6.07) is -2.78. The van der Waals surface area contributed by atoms with Gasteiger partial charge in [-0.05, 0) is 19.8 Å². The van der Waals surface area contributed by atoms with Gasteiger partial charge in [0.25, 0.3) is 0 Å². The zero-order valence-electron chi connectivity index (χ0n) is 12.8. The number of aliphatic hydroxyl groups is 1. The number of nitrogens with one attached hydrogen (secondary N) is 2. The summed E-state index contributed by atoms with van der Waals surface area (Å²) in [4.78, 5) is 47.5. The van der Waals surface area contributed by atoms with Gasteiger partial charge in [-0.1, -0.05) is 0 Å². The first kappa shape index (κ1) is 18.8. The summed E-state index contributed by atoms with van der Waals surface area (Å²) >= 11 is 0. The minimum atomic E-state index is -1.19. The topological polar surface area (TPSA) is 162 Å². The standard InChI is InChI=1S/C13H22N4O6/c1-7(11(21)15-5-10(19)20)16-12(22)9-3-2-4-17(9)13(23)8(14)6-18/h7-9,18H,2-6,14H2,1H3,(H,15,21)(H,16,22)(H,19,20). The Morgan fingerprint density at radius 2 is 2.00 bits per heavy atom. The van der Waals surface area contributed by atoms with E-state index in [0.717, 1.165) is 0 Å². The van der Waals surface area contributed by atoms with Gasteiger partial charge in [0.2, 0.25) is 17.7 Å². The van der Waals surface area contributed by atoms with E-state index in [-0.39, 0.29) is 0 Å². The molecule has 130 valence electrons. The monoisotopic (exact) mass is 330 g/mol. The van der Waals surface area contributed by atoms with Crippen molar-refractivity contribution in [3.63, 3.8) is 0 Å². The molecule has 0 aliphatic carbocycles. The highest BCUT2D eigenvalue weighted by Gasteiger charge is 2.36. The van der Waals surface area contributed by atoms with E-state index < -0.39 is 55.0 Å². The zero-order valence-corrected chi connectivity index (χ0v) is 12.8. The molecule has 1 rings (SSSR count). The van der Waals surface area contributed by atoms with Crippen LogP contribution in [0.25, 0.3) is 0 Å². The van der Waals surface area contributed by atoms with E-state index in [0.29, 0.717) is 19.4 Å². The molecule has 10 nitrogen and oxygen atoms in total. The molecule has 1 aliphatic heterocycles. The predicted octanol–water partition coefficient (Wildman–Crippen LogP) is -3.00. The molecule has 23 heavy (non-hydrogen) atoms. The number of aliphatic hydroxyl groups excluding tert-OH is 1. The normalized spacial score (nSPS) is 19.8. The predicted molar refractivity (Wildman–Crippen MR) is 78.0 cm³/mol. The number of hydrogen-bond acceptors (Lipinski definition) is 6. The van der Waals surface area contributed by atoms with Gasteiger partial charge in [-0.2, -0.15) is 0 Å². The molecule has 3 amide bonds. The molecule has 1 aliphatic rings. The fraction of sp³-hybridized carbons (Fsp3) is 0.692. The van der Waals surface area contributed by atoms with Crippen molar-refractivity contribution in [1.29, 1.82) is 0 Å². The average Bonchev–Trinajstić information content (AvgIpc) is 3.00. The molecule has 0 aromatic heterocycles. The highest BCUT2D eigenvalue weighted by atomic mass is 16.4. The van der Waals surface area contributed by atoms with E-state index in [2.05, 4.69) is 10.6 Å². The smallest absolute Gasteiger partial charge is 0.322 e. The minimum absolute atomic E-state index is 0.351. The van der Waals surface area contributed by atoms with Crippen LogP contribution in [0.4, 0.5) is 0 Å². The second-order valence-corrected chi connectivity index (χ2v) is 5.32. The number of nitrogens with two attached hydrogens (primary N) is 1. The van der Waals surface area contributed by atoms with Gasteiger partial charge in [-0.25, -0.2) is 0 Å². The number of carboxylic acids is 1. The van der Waals surface area contributed by atoms with Gasteiger partial charge in [0, 0.05) is 6.54 Å². The summed E-state index contributed by atoms with van der Waals surface area (Å²) in [5.41, 5.74) is 5.48. The van der Waals surface area contributed by atoms with Crippen LogP contribution in [-0.2, 0) is 19.2 Å². The summed E-state index contributed by atoms with van der Waals surface area (Å²) in [5.74, 6) is -2.86. The maximum Gasteiger partial charge on any atom is 0.322 e. The number of aliphatic carboxylic acids is 1. The Morgan fingerprint density at radius 1 is 1.35 bits per heavy atom. The van der Waals surface area contributed by atoms with E-state index in [1.807, 2.05) is 0 Å². The first-order chi connectivity index (χ1) is 10.8. The lowest BCUT2D eigenvalue weighted by Crippen LogP contribution is -2.55. The van der Waals surface area contributed by atoms with Gasteiger partial charge in [-0.15, -0.1) is 0 Å². The highest BCUT2D eigenvalue weighted by Crippen LogP contribution is 2.18. The first-order valence-corrected chi connectivity index (χ1v) is 7.24. The van der Waals surface area contributed by atoms with Crippen LogP contribution in [0.2, 0.25) is 0 Å². The van der Waals surface area contributed by atoms with Gasteiger partial charge < -0.3 is 31.5 Å². The molecular formula is C13H22N4O6. The van der Waals surface area contributed by atoms with Crippen molar-refractivity contribution in [3.8, 4) is 0 Å². The molecule has 0 spiro atoms. The molecule has 1 heterocycles. The van der Waals surface area contributed by atoms with E-state index in [4.69, 9.17) is 15.9 Å². The van der Waals surface area contributed by atoms with E-state index in [9.17, 15) is 19.2 Å². The van der Waals surface area contributed by atoms with Crippen LogP contribution in [0.15, 0.2) is 0 Å². The fourth-order valence-electron chi connectivity index (χ4n) is 2.29. The summed E-state index contributed by atoms with van der Waals surface area (Å²) in [6.07, 6.45) is 1.04. The number of nitrogens with zero attached hydrogens (tertiary/aromatic N) is 1. The Kier molecular flexibility index (Phi) is 6.91. The summed E-state index contributed by atoms with van der Waals surface area (Å²) in [7, 11) is 0. The third kappa shape index (κ3) is 5.18. The summed E-state index contributed by atoms with van der Waals surface area (Å²) in [6.45, 7) is 0.704. The summed E-state index contributed by atoms with van der Waals surface area (Å²) < 4.78 is 0. The van der Waals surface area contributed by atoms with Gasteiger partial charge >= 0.3 is 5.97 Å². The third-order valence-corrected chi connectivity index (χ3v) is 3.52.